The van der Waals surface area contributed by atoms with Crippen LogP contribution in [0, 0.1) is 20.8 Å². The molecule has 1 amide bonds. The molecule has 0 spiro atoms. The van der Waals surface area contributed by atoms with Gasteiger partial charge < -0.3 is 10.1 Å². The van der Waals surface area contributed by atoms with E-state index in [-0.39, 0.29) is 11.9 Å². The Hall–Kier alpha value is -1.51. The number of nitrogens with one attached hydrogen (secondary N) is 1. The zero-order valence-electron chi connectivity index (χ0n) is 12.8. The lowest BCUT2D eigenvalue weighted by Gasteiger charge is -2.19. The summed E-state index contributed by atoms with van der Waals surface area (Å²) >= 11 is 0. The van der Waals surface area contributed by atoms with Crippen molar-refractivity contribution in [2.75, 3.05) is 0 Å². The van der Waals surface area contributed by atoms with Crippen LogP contribution < -0.4 is 10.1 Å². The molecule has 0 aliphatic rings. The molecule has 0 radical (unpaired) electrons. The summed E-state index contributed by atoms with van der Waals surface area (Å²) in [5.74, 6) is 0.734. The van der Waals surface area contributed by atoms with Gasteiger partial charge in [-0.1, -0.05) is 13.0 Å². The van der Waals surface area contributed by atoms with E-state index >= 15 is 0 Å². The number of amides is 1. The third kappa shape index (κ3) is 4.27. The fraction of sp³-hybridized carbons (Fsp3) is 0.562. The van der Waals surface area contributed by atoms with Crippen molar-refractivity contribution in [2.24, 2.45) is 0 Å². The van der Waals surface area contributed by atoms with E-state index in [1.165, 1.54) is 5.56 Å². The van der Waals surface area contributed by atoms with Crippen molar-refractivity contribution in [3.63, 3.8) is 0 Å². The van der Waals surface area contributed by atoms with Gasteiger partial charge in [-0.15, -0.1) is 0 Å². The lowest BCUT2D eigenvalue weighted by atomic mass is 10.1. The number of hydrogen-bond donors (Lipinski definition) is 1. The van der Waals surface area contributed by atoms with Crippen molar-refractivity contribution in [3.8, 4) is 5.75 Å². The Morgan fingerprint density at radius 1 is 1.26 bits per heavy atom. The molecule has 2 atom stereocenters. The molecule has 0 fully saturated rings. The smallest absolute Gasteiger partial charge is 0.260 e. The Bertz CT molecular complexity index is 454. The summed E-state index contributed by atoms with van der Waals surface area (Å²) in [5.41, 5.74) is 3.42. The van der Waals surface area contributed by atoms with Crippen LogP contribution in [0.4, 0.5) is 0 Å². The lowest BCUT2D eigenvalue weighted by molar-refractivity contribution is -0.127. The summed E-state index contributed by atoms with van der Waals surface area (Å²) < 4.78 is 5.80. The summed E-state index contributed by atoms with van der Waals surface area (Å²) in [6.45, 7) is 11.9. The SMILES string of the molecule is CC[C@@H](C)NC(=O)[C@@H](C)Oc1cc(C)cc(C)c1C. The molecular weight excluding hydrogens is 238 g/mol. The summed E-state index contributed by atoms with van der Waals surface area (Å²) in [4.78, 5) is 12.0. The highest BCUT2D eigenvalue weighted by atomic mass is 16.5. The highest BCUT2D eigenvalue weighted by Crippen LogP contribution is 2.24. The number of benzene rings is 1. The van der Waals surface area contributed by atoms with Gasteiger partial charge in [0, 0.05) is 6.04 Å². The topological polar surface area (TPSA) is 38.3 Å². The van der Waals surface area contributed by atoms with Crippen LogP contribution in [0.15, 0.2) is 12.1 Å². The molecule has 3 heteroatoms. The second-order valence-electron chi connectivity index (χ2n) is 5.28. The molecule has 0 saturated carbocycles. The predicted octanol–water partition coefficient (Wildman–Crippen LogP) is 3.29. The van der Waals surface area contributed by atoms with Crippen LogP contribution >= 0.6 is 0 Å². The Labute approximate surface area is 116 Å². The summed E-state index contributed by atoms with van der Waals surface area (Å²) in [6.07, 6.45) is 0.440. The average molecular weight is 263 g/mol. The summed E-state index contributed by atoms with van der Waals surface area (Å²) in [5, 5.41) is 2.93. The van der Waals surface area contributed by atoms with E-state index in [0.717, 1.165) is 23.3 Å². The van der Waals surface area contributed by atoms with E-state index in [4.69, 9.17) is 4.74 Å². The first kappa shape index (κ1) is 15.5. The Morgan fingerprint density at radius 2 is 1.89 bits per heavy atom. The maximum atomic E-state index is 12.0. The Kier molecular flexibility index (Phi) is 5.40. The van der Waals surface area contributed by atoms with Crippen LogP contribution in [0.1, 0.15) is 43.9 Å². The fourth-order valence-electron chi connectivity index (χ4n) is 1.83. The van der Waals surface area contributed by atoms with Crippen molar-refractivity contribution in [2.45, 2.75) is 60.1 Å². The van der Waals surface area contributed by atoms with E-state index in [1.54, 1.807) is 6.92 Å². The van der Waals surface area contributed by atoms with Crippen LogP contribution in [0.25, 0.3) is 0 Å². The molecule has 0 aromatic heterocycles. The molecule has 0 heterocycles. The number of rotatable bonds is 5. The first-order valence-corrected chi connectivity index (χ1v) is 6.90. The molecular formula is C16H25NO2. The number of carbonyl (C=O) groups is 1. The zero-order chi connectivity index (χ0) is 14.6. The van der Waals surface area contributed by atoms with Gasteiger partial charge in [0.2, 0.25) is 0 Å². The Balaban J connectivity index is 2.77. The van der Waals surface area contributed by atoms with Gasteiger partial charge >= 0.3 is 0 Å². The van der Waals surface area contributed by atoms with Crippen molar-refractivity contribution in [1.82, 2.24) is 5.32 Å². The number of ether oxygens (including phenoxy) is 1. The fourth-order valence-corrected chi connectivity index (χ4v) is 1.83. The molecule has 19 heavy (non-hydrogen) atoms. The largest absolute Gasteiger partial charge is 0.481 e. The van der Waals surface area contributed by atoms with Gasteiger partial charge in [0.1, 0.15) is 5.75 Å². The molecule has 106 valence electrons. The zero-order valence-corrected chi connectivity index (χ0v) is 12.8. The molecule has 1 aromatic carbocycles. The highest BCUT2D eigenvalue weighted by molar-refractivity contribution is 5.81. The van der Waals surface area contributed by atoms with Crippen molar-refractivity contribution >= 4 is 5.91 Å². The summed E-state index contributed by atoms with van der Waals surface area (Å²) in [7, 11) is 0. The minimum Gasteiger partial charge on any atom is -0.481 e. The van der Waals surface area contributed by atoms with Gasteiger partial charge in [-0.25, -0.2) is 0 Å². The van der Waals surface area contributed by atoms with Crippen molar-refractivity contribution in [3.05, 3.63) is 28.8 Å². The molecule has 0 aliphatic heterocycles. The van der Waals surface area contributed by atoms with Gasteiger partial charge in [-0.3, -0.25) is 4.79 Å². The minimum atomic E-state index is -0.478. The van der Waals surface area contributed by atoms with Crippen molar-refractivity contribution in [1.29, 1.82) is 0 Å². The van der Waals surface area contributed by atoms with Crippen LogP contribution in [0.2, 0.25) is 0 Å². The van der Waals surface area contributed by atoms with Gasteiger partial charge in [0.15, 0.2) is 6.10 Å². The molecule has 1 rings (SSSR count). The maximum absolute atomic E-state index is 12.0. The molecule has 1 N–H and O–H groups in total. The quantitative estimate of drug-likeness (QED) is 0.885. The van der Waals surface area contributed by atoms with E-state index in [9.17, 15) is 4.79 Å². The first-order valence-electron chi connectivity index (χ1n) is 6.90. The molecule has 0 unspecified atom stereocenters. The molecule has 0 saturated heterocycles. The third-order valence-corrected chi connectivity index (χ3v) is 3.44. The number of carbonyl (C=O) groups excluding carboxylic acids is 1. The number of aryl methyl sites for hydroxylation is 2. The monoisotopic (exact) mass is 263 g/mol. The minimum absolute atomic E-state index is 0.0621. The average Bonchev–Trinajstić information content (AvgIpc) is 2.34. The van der Waals surface area contributed by atoms with Gasteiger partial charge in [0.05, 0.1) is 0 Å². The molecule has 1 aromatic rings. The van der Waals surface area contributed by atoms with Gasteiger partial charge in [-0.05, 0) is 63.8 Å². The van der Waals surface area contributed by atoms with E-state index in [0.29, 0.717) is 0 Å². The molecule has 0 aliphatic carbocycles. The molecule has 0 bridgehead atoms. The van der Waals surface area contributed by atoms with Crippen LogP contribution in [0.3, 0.4) is 0 Å². The first-order chi connectivity index (χ1) is 8.85. The van der Waals surface area contributed by atoms with Crippen LogP contribution in [0.5, 0.6) is 5.75 Å². The lowest BCUT2D eigenvalue weighted by Crippen LogP contribution is -2.41. The van der Waals surface area contributed by atoms with Gasteiger partial charge in [0.25, 0.3) is 5.91 Å². The highest BCUT2D eigenvalue weighted by Gasteiger charge is 2.17. The Morgan fingerprint density at radius 3 is 2.47 bits per heavy atom. The van der Waals surface area contributed by atoms with Crippen LogP contribution in [-0.4, -0.2) is 18.1 Å². The van der Waals surface area contributed by atoms with E-state index < -0.39 is 6.10 Å². The third-order valence-electron chi connectivity index (χ3n) is 3.44. The number of hydrogen-bond acceptors (Lipinski definition) is 2. The normalized spacial score (nSPS) is 13.8. The van der Waals surface area contributed by atoms with Crippen molar-refractivity contribution < 1.29 is 9.53 Å². The second-order valence-corrected chi connectivity index (χ2v) is 5.28. The van der Waals surface area contributed by atoms with E-state index in [1.807, 2.05) is 33.8 Å². The van der Waals surface area contributed by atoms with E-state index in [2.05, 4.69) is 18.3 Å². The van der Waals surface area contributed by atoms with Gasteiger partial charge in [-0.2, -0.15) is 0 Å². The standard InChI is InChI=1S/C16H25NO2/c1-7-12(4)17-16(18)14(6)19-15-9-10(2)8-11(3)13(15)5/h8-9,12,14H,7H2,1-6H3,(H,17,18)/t12-,14-/m1/s1. The van der Waals surface area contributed by atoms with Crippen LogP contribution in [-0.2, 0) is 4.79 Å². The predicted molar refractivity (Wildman–Crippen MR) is 78.6 cm³/mol. The second kappa shape index (κ2) is 6.60. The summed E-state index contributed by atoms with van der Waals surface area (Å²) in [6, 6.07) is 4.28. The maximum Gasteiger partial charge on any atom is 0.260 e. The molecule has 3 nitrogen and oxygen atoms in total.